The molecule has 3 rings (SSSR count). The lowest BCUT2D eigenvalue weighted by Gasteiger charge is -2.36. The van der Waals surface area contributed by atoms with Crippen LogP contribution in [-0.2, 0) is 14.3 Å². The Hall–Kier alpha value is -2.49. The van der Waals surface area contributed by atoms with Crippen LogP contribution in [-0.4, -0.2) is 61.0 Å². The van der Waals surface area contributed by atoms with Crippen LogP contribution in [0.2, 0.25) is 0 Å². The molecule has 1 heterocycles. The van der Waals surface area contributed by atoms with Gasteiger partial charge in [0, 0.05) is 43.7 Å². The van der Waals surface area contributed by atoms with Crippen molar-refractivity contribution in [3.63, 3.8) is 0 Å². The van der Waals surface area contributed by atoms with Gasteiger partial charge < -0.3 is 25.0 Å². The van der Waals surface area contributed by atoms with Crippen LogP contribution in [0.1, 0.15) is 65.7 Å². The lowest BCUT2D eigenvalue weighted by Crippen LogP contribution is -2.49. The summed E-state index contributed by atoms with van der Waals surface area (Å²) in [6.45, 7) is 7.22. The van der Waals surface area contributed by atoms with Crippen molar-refractivity contribution in [3.05, 3.63) is 24.3 Å². The molecule has 1 aromatic carbocycles. The molecule has 2 fully saturated rings. The molecule has 7 nitrogen and oxygen atoms in total. The third kappa shape index (κ3) is 10.1. The fourth-order valence-corrected chi connectivity index (χ4v) is 5.29. The minimum Gasteiger partial charge on any atom is -0.406 e. The van der Waals surface area contributed by atoms with Crippen molar-refractivity contribution in [2.75, 3.05) is 25.0 Å². The number of nitrogens with zero attached hydrogens (tertiary/aromatic N) is 1. The lowest BCUT2D eigenvalue weighted by atomic mass is 9.81. The summed E-state index contributed by atoms with van der Waals surface area (Å²) in [6, 6.07) is 5.21. The van der Waals surface area contributed by atoms with E-state index in [9.17, 15) is 22.8 Å². The summed E-state index contributed by atoms with van der Waals surface area (Å²) in [4.78, 5) is 28.3. The molecule has 1 saturated carbocycles. The van der Waals surface area contributed by atoms with Crippen molar-refractivity contribution in [1.29, 1.82) is 0 Å². The number of halogens is 3. The highest BCUT2D eigenvalue weighted by atomic mass is 19.4. The number of carbonyl (C=O) groups is 2. The molecular formula is C27H40F3N3O4. The van der Waals surface area contributed by atoms with Crippen molar-refractivity contribution in [1.82, 2.24) is 10.2 Å². The molecule has 1 saturated heterocycles. The van der Waals surface area contributed by atoms with Crippen LogP contribution in [0.5, 0.6) is 5.75 Å². The molecule has 2 N–H and O–H groups in total. The molecule has 2 aliphatic rings. The number of anilines is 1. The summed E-state index contributed by atoms with van der Waals surface area (Å²) in [6.07, 6.45) is 1.83. The maximum atomic E-state index is 13.3. The van der Waals surface area contributed by atoms with Gasteiger partial charge in [-0.2, -0.15) is 0 Å². The van der Waals surface area contributed by atoms with Gasteiger partial charge in [0.05, 0.1) is 12.2 Å². The largest absolute Gasteiger partial charge is 0.573 e. The molecule has 0 radical (unpaired) electrons. The molecule has 1 aliphatic heterocycles. The lowest BCUT2D eigenvalue weighted by molar-refractivity contribution is -0.274. The maximum absolute atomic E-state index is 13.3. The van der Waals surface area contributed by atoms with Gasteiger partial charge in [0.2, 0.25) is 11.8 Å². The summed E-state index contributed by atoms with van der Waals surface area (Å²) < 4.78 is 46.7. The van der Waals surface area contributed by atoms with Gasteiger partial charge in [0.25, 0.3) is 0 Å². The Morgan fingerprint density at radius 1 is 1.08 bits per heavy atom. The first kappa shape index (κ1) is 29.1. The summed E-state index contributed by atoms with van der Waals surface area (Å²) >= 11 is 0. The third-order valence-corrected chi connectivity index (χ3v) is 7.00. The molecule has 1 aromatic rings. The first-order valence-corrected chi connectivity index (χ1v) is 13.3. The fraction of sp³-hybridized carbons (Fsp3) is 0.704. The number of carbonyl (C=O) groups excluding carboxylic acids is 2. The van der Waals surface area contributed by atoms with Gasteiger partial charge in [-0.05, 0) is 57.4 Å². The van der Waals surface area contributed by atoms with Crippen molar-refractivity contribution in [2.45, 2.75) is 90.3 Å². The number of morpholine rings is 1. The zero-order valence-electron chi connectivity index (χ0n) is 22.0. The van der Waals surface area contributed by atoms with Crippen molar-refractivity contribution in [3.8, 4) is 5.75 Å². The predicted octanol–water partition coefficient (Wildman–Crippen LogP) is 5.11. The Morgan fingerprint density at radius 2 is 1.70 bits per heavy atom. The van der Waals surface area contributed by atoms with Crippen molar-refractivity contribution < 1.29 is 32.2 Å². The van der Waals surface area contributed by atoms with Gasteiger partial charge in [0.1, 0.15) is 5.75 Å². The summed E-state index contributed by atoms with van der Waals surface area (Å²) in [7, 11) is 0. The van der Waals surface area contributed by atoms with Gasteiger partial charge in [-0.15, -0.1) is 13.2 Å². The molecule has 4 atom stereocenters. The van der Waals surface area contributed by atoms with Gasteiger partial charge in [0.15, 0.2) is 0 Å². The second-order valence-electron chi connectivity index (χ2n) is 10.6. The Kier molecular flexibility index (Phi) is 10.5. The molecule has 2 unspecified atom stereocenters. The van der Waals surface area contributed by atoms with E-state index in [1.807, 2.05) is 25.7 Å². The highest BCUT2D eigenvalue weighted by molar-refractivity contribution is 5.86. The van der Waals surface area contributed by atoms with E-state index >= 15 is 0 Å². The Bertz CT molecular complexity index is 865. The van der Waals surface area contributed by atoms with E-state index in [-0.39, 0.29) is 42.2 Å². The van der Waals surface area contributed by atoms with Crippen LogP contribution in [0, 0.1) is 11.8 Å². The quantitative estimate of drug-likeness (QED) is 0.442. The summed E-state index contributed by atoms with van der Waals surface area (Å²) in [5, 5.41) is 6.16. The zero-order valence-corrected chi connectivity index (χ0v) is 22.0. The number of hydrogen-bond acceptors (Lipinski definition) is 5. The van der Waals surface area contributed by atoms with Gasteiger partial charge >= 0.3 is 6.36 Å². The van der Waals surface area contributed by atoms with Crippen LogP contribution in [0.25, 0.3) is 0 Å². The van der Waals surface area contributed by atoms with Gasteiger partial charge in [-0.25, -0.2) is 0 Å². The second kappa shape index (κ2) is 13.3. The summed E-state index contributed by atoms with van der Waals surface area (Å²) in [5.41, 5.74) is 0.611. The Balaban J connectivity index is 1.55. The number of nitrogens with one attached hydrogen (secondary N) is 2. The number of ether oxygens (including phenoxy) is 2. The first-order valence-electron chi connectivity index (χ1n) is 13.3. The van der Waals surface area contributed by atoms with Crippen LogP contribution in [0.3, 0.4) is 0 Å². The minimum atomic E-state index is -4.73. The first-order chi connectivity index (χ1) is 17.5. The smallest absolute Gasteiger partial charge is 0.406 e. The standard InChI is InChI=1S/C27H40F3N3O4/c1-18(15-31-23-9-11-24(12-10-23)37-27(28,29)30)32-26(35)22(13-21-7-5-4-6-8-21)14-25(34)33-16-19(2)36-20(3)17-33/h9-12,18-22,31H,4-8,13-17H2,1-3H3,(H,32,35)/t18-,19?,20?,22+/m0/s1. The van der Waals surface area contributed by atoms with E-state index in [0.29, 0.717) is 37.7 Å². The van der Waals surface area contributed by atoms with Crippen molar-refractivity contribution in [2.24, 2.45) is 11.8 Å². The monoisotopic (exact) mass is 527 g/mol. The number of amides is 2. The Morgan fingerprint density at radius 3 is 2.30 bits per heavy atom. The zero-order chi connectivity index (χ0) is 27.0. The average Bonchev–Trinajstić information content (AvgIpc) is 2.82. The number of rotatable bonds is 10. The van der Waals surface area contributed by atoms with Crippen LogP contribution < -0.4 is 15.4 Å². The van der Waals surface area contributed by atoms with E-state index in [0.717, 1.165) is 12.8 Å². The number of benzene rings is 1. The molecule has 10 heteroatoms. The molecular weight excluding hydrogens is 487 g/mol. The van der Waals surface area contributed by atoms with Gasteiger partial charge in [-0.1, -0.05) is 32.1 Å². The second-order valence-corrected chi connectivity index (χ2v) is 10.6. The molecule has 37 heavy (non-hydrogen) atoms. The van der Waals surface area contributed by atoms with E-state index in [1.165, 1.54) is 43.5 Å². The maximum Gasteiger partial charge on any atom is 0.573 e. The van der Waals surface area contributed by atoms with Crippen LogP contribution in [0.4, 0.5) is 18.9 Å². The van der Waals surface area contributed by atoms with Crippen molar-refractivity contribution >= 4 is 17.5 Å². The normalized spacial score (nSPS) is 22.7. The minimum absolute atomic E-state index is 0.00935. The van der Waals surface area contributed by atoms with Crippen LogP contribution in [0.15, 0.2) is 24.3 Å². The topological polar surface area (TPSA) is 79.9 Å². The highest BCUT2D eigenvalue weighted by Crippen LogP contribution is 2.31. The van der Waals surface area contributed by atoms with E-state index < -0.39 is 12.3 Å². The summed E-state index contributed by atoms with van der Waals surface area (Å²) in [5.74, 6) is -0.379. The average molecular weight is 528 g/mol. The molecule has 1 aliphatic carbocycles. The van der Waals surface area contributed by atoms with Crippen LogP contribution >= 0.6 is 0 Å². The molecule has 0 spiro atoms. The predicted molar refractivity (Wildman–Crippen MR) is 135 cm³/mol. The fourth-order valence-electron chi connectivity index (χ4n) is 5.29. The number of alkyl halides is 3. The molecule has 0 aromatic heterocycles. The Labute approximate surface area is 217 Å². The molecule has 2 amide bonds. The van der Waals surface area contributed by atoms with E-state index in [1.54, 1.807) is 0 Å². The third-order valence-electron chi connectivity index (χ3n) is 7.00. The molecule has 0 bridgehead atoms. The molecule has 208 valence electrons. The SMILES string of the molecule is CC1CN(C(=O)C[C@@H](CC2CCCCC2)C(=O)N[C@@H](C)CNc2ccc(OC(F)(F)F)cc2)CC(C)O1. The number of hydrogen-bond donors (Lipinski definition) is 2. The van der Waals surface area contributed by atoms with Gasteiger partial charge in [-0.3, -0.25) is 9.59 Å². The van der Waals surface area contributed by atoms with E-state index in [2.05, 4.69) is 15.4 Å². The highest BCUT2D eigenvalue weighted by Gasteiger charge is 2.32. The van der Waals surface area contributed by atoms with E-state index in [4.69, 9.17) is 4.74 Å².